The molecule has 0 aromatic rings. The van der Waals surface area contributed by atoms with E-state index in [-0.39, 0.29) is 13.2 Å². The Kier molecular flexibility index (Phi) is 9.34. The highest BCUT2D eigenvalue weighted by Crippen LogP contribution is 2.33. The van der Waals surface area contributed by atoms with Crippen LogP contribution in [-0.2, 0) is 23.9 Å². The predicted molar refractivity (Wildman–Crippen MR) is 79.6 cm³/mol. The molecule has 1 atom stereocenters. The molecular formula is C16H26O5. The van der Waals surface area contributed by atoms with E-state index in [9.17, 15) is 14.4 Å². The van der Waals surface area contributed by atoms with Crippen LogP contribution in [0.2, 0.25) is 0 Å². The molecule has 120 valence electrons. The van der Waals surface area contributed by atoms with Gasteiger partial charge in [0.05, 0.1) is 13.2 Å². The maximum Gasteiger partial charge on any atom is 0.323 e. The van der Waals surface area contributed by atoms with Gasteiger partial charge in [-0.3, -0.25) is 9.59 Å². The van der Waals surface area contributed by atoms with E-state index in [0.717, 1.165) is 6.42 Å². The summed E-state index contributed by atoms with van der Waals surface area (Å²) in [5, 5.41) is 0. The maximum absolute atomic E-state index is 12.2. The summed E-state index contributed by atoms with van der Waals surface area (Å²) in [4.78, 5) is 35.7. The summed E-state index contributed by atoms with van der Waals surface area (Å²) in [7, 11) is 0. The molecule has 0 saturated heterocycles. The van der Waals surface area contributed by atoms with E-state index >= 15 is 0 Å². The Morgan fingerprint density at radius 3 is 1.95 bits per heavy atom. The van der Waals surface area contributed by atoms with Crippen LogP contribution in [0.1, 0.15) is 47.0 Å². The molecule has 0 aliphatic heterocycles. The van der Waals surface area contributed by atoms with Crippen molar-refractivity contribution in [3.63, 3.8) is 0 Å². The molecule has 0 aliphatic rings. The Labute approximate surface area is 126 Å². The molecule has 0 aromatic carbocycles. The minimum absolute atomic E-state index is 0.148. The number of aldehydes is 1. The zero-order valence-electron chi connectivity index (χ0n) is 13.4. The normalized spacial score (nSPS) is 13.0. The Morgan fingerprint density at radius 1 is 1.05 bits per heavy atom. The zero-order valence-corrected chi connectivity index (χ0v) is 13.4. The number of carbonyl (C=O) groups excluding carboxylic acids is 3. The first kappa shape index (κ1) is 19.4. The van der Waals surface area contributed by atoms with Gasteiger partial charge in [0.1, 0.15) is 6.29 Å². The lowest BCUT2D eigenvalue weighted by atomic mass is 9.75. The van der Waals surface area contributed by atoms with Crippen LogP contribution in [0.15, 0.2) is 12.2 Å². The molecule has 0 saturated carbocycles. The third-order valence-electron chi connectivity index (χ3n) is 3.35. The van der Waals surface area contributed by atoms with Gasteiger partial charge in [-0.05, 0) is 40.0 Å². The fourth-order valence-corrected chi connectivity index (χ4v) is 2.00. The molecule has 0 bridgehead atoms. The van der Waals surface area contributed by atoms with Crippen molar-refractivity contribution in [1.29, 1.82) is 0 Å². The van der Waals surface area contributed by atoms with Crippen LogP contribution in [0.25, 0.3) is 0 Å². The third-order valence-corrected chi connectivity index (χ3v) is 3.35. The van der Waals surface area contributed by atoms with Gasteiger partial charge in [-0.1, -0.05) is 19.1 Å². The number of rotatable bonds is 10. The molecule has 5 nitrogen and oxygen atoms in total. The van der Waals surface area contributed by atoms with Gasteiger partial charge in [-0.25, -0.2) is 0 Å². The van der Waals surface area contributed by atoms with Crippen molar-refractivity contribution in [2.24, 2.45) is 11.3 Å². The summed E-state index contributed by atoms with van der Waals surface area (Å²) in [6, 6.07) is 0. The fraction of sp³-hybridized carbons (Fsp3) is 0.688. The summed E-state index contributed by atoms with van der Waals surface area (Å²) in [6.07, 6.45) is 6.48. The number of hydrogen-bond acceptors (Lipinski definition) is 5. The lowest BCUT2D eigenvalue weighted by Gasteiger charge is -2.29. The van der Waals surface area contributed by atoms with Gasteiger partial charge >= 0.3 is 11.9 Å². The largest absolute Gasteiger partial charge is 0.465 e. The minimum atomic E-state index is -1.59. The van der Waals surface area contributed by atoms with Crippen LogP contribution in [0.4, 0.5) is 0 Å². The molecule has 0 radical (unpaired) electrons. The van der Waals surface area contributed by atoms with Crippen molar-refractivity contribution in [2.45, 2.75) is 47.0 Å². The minimum Gasteiger partial charge on any atom is -0.465 e. The SMILES string of the molecule is CC/C=C\CCC(C=O)C(C)(C(=O)OCC)C(=O)OCC. The molecule has 1 unspecified atom stereocenters. The summed E-state index contributed by atoms with van der Waals surface area (Å²) < 4.78 is 9.94. The average molecular weight is 298 g/mol. The first-order chi connectivity index (χ1) is 9.98. The smallest absolute Gasteiger partial charge is 0.323 e. The average Bonchev–Trinajstić information content (AvgIpc) is 2.47. The highest BCUT2D eigenvalue weighted by Gasteiger charge is 2.50. The van der Waals surface area contributed by atoms with E-state index in [1.807, 2.05) is 19.1 Å². The van der Waals surface area contributed by atoms with Crippen LogP contribution in [0.3, 0.4) is 0 Å². The van der Waals surface area contributed by atoms with E-state index < -0.39 is 23.3 Å². The second-order valence-corrected chi connectivity index (χ2v) is 4.84. The van der Waals surface area contributed by atoms with E-state index in [2.05, 4.69) is 0 Å². The van der Waals surface area contributed by atoms with Crippen LogP contribution >= 0.6 is 0 Å². The lowest BCUT2D eigenvalue weighted by Crippen LogP contribution is -2.46. The van der Waals surface area contributed by atoms with Crippen molar-refractivity contribution >= 4 is 18.2 Å². The van der Waals surface area contributed by atoms with Crippen molar-refractivity contribution in [3.05, 3.63) is 12.2 Å². The van der Waals surface area contributed by atoms with Crippen molar-refractivity contribution in [3.8, 4) is 0 Å². The number of ether oxygens (including phenoxy) is 2. The Bertz CT molecular complexity index is 355. The molecule has 5 heteroatoms. The highest BCUT2D eigenvalue weighted by molar-refractivity contribution is 6.02. The molecule has 0 heterocycles. The number of esters is 2. The third kappa shape index (κ3) is 5.33. The number of hydrogen-bond donors (Lipinski definition) is 0. The van der Waals surface area contributed by atoms with Crippen LogP contribution in [0, 0.1) is 11.3 Å². The molecule has 0 fully saturated rings. The Hall–Kier alpha value is -1.65. The van der Waals surface area contributed by atoms with Gasteiger partial charge in [-0.15, -0.1) is 0 Å². The summed E-state index contributed by atoms with van der Waals surface area (Å²) in [5.41, 5.74) is -1.59. The van der Waals surface area contributed by atoms with Gasteiger partial charge in [0.2, 0.25) is 0 Å². The predicted octanol–water partition coefficient (Wildman–Crippen LogP) is 2.68. The summed E-state index contributed by atoms with van der Waals surface area (Å²) in [5.74, 6) is -2.18. The van der Waals surface area contributed by atoms with Crippen LogP contribution < -0.4 is 0 Å². The van der Waals surface area contributed by atoms with E-state index in [4.69, 9.17) is 9.47 Å². The van der Waals surface area contributed by atoms with Crippen LogP contribution in [-0.4, -0.2) is 31.4 Å². The molecule has 0 aromatic heterocycles. The van der Waals surface area contributed by atoms with E-state index in [1.54, 1.807) is 13.8 Å². The van der Waals surface area contributed by atoms with Crippen molar-refractivity contribution < 1.29 is 23.9 Å². The molecule has 0 aliphatic carbocycles. The van der Waals surface area contributed by atoms with Gasteiger partial charge in [0.15, 0.2) is 5.41 Å². The molecule has 0 spiro atoms. The molecule has 0 N–H and O–H groups in total. The fourth-order valence-electron chi connectivity index (χ4n) is 2.00. The second kappa shape index (κ2) is 10.1. The highest BCUT2D eigenvalue weighted by atomic mass is 16.6. The molecular weight excluding hydrogens is 272 g/mol. The van der Waals surface area contributed by atoms with Crippen molar-refractivity contribution in [1.82, 2.24) is 0 Å². The second-order valence-electron chi connectivity index (χ2n) is 4.84. The Balaban J connectivity index is 5.22. The quantitative estimate of drug-likeness (QED) is 0.268. The topological polar surface area (TPSA) is 69.7 Å². The van der Waals surface area contributed by atoms with Gasteiger partial charge < -0.3 is 14.3 Å². The monoisotopic (exact) mass is 298 g/mol. The first-order valence-electron chi connectivity index (χ1n) is 7.43. The Morgan fingerprint density at radius 2 is 1.57 bits per heavy atom. The first-order valence-corrected chi connectivity index (χ1v) is 7.43. The lowest BCUT2D eigenvalue weighted by molar-refractivity contribution is -0.176. The van der Waals surface area contributed by atoms with Gasteiger partial charge in [-0.2, -0.15) is 0 Å². The molecule has 21 heavy (non-hydrogen) atoms. The van der Waals surface area contributed by atoms with Gasteiger partial charge in [0.25, 0.3) is 0 Å². The summed E-state index contributed by atoms with van der Waals surface area (Å²) >= 11 is 0. The number of allylic oxidation sites excluding steroid dienone is 2. The van der Waals surface area contributed by atoms with Gasteiger partial charge in [0, 0.05) is 5.92 Å². The van der Waals surface area contributed by atoms with Crippen LogP contribution in [0.5, 0.6) is 0 Å². The maximum atomic E-state index is 12.2. The van der Waals surface area contributed by atoms with Crippen molar-refractivity contribution in [2.75, 3.05) is 13.2 Å². The van der Waals surface area contributed by atoms with E-state index in [0.29, 0.717) is 19.1 Å². The summed E-state index contributed by atoms with van der Waals surface area (Å²) in [6.45, 7) is 7.04. The zero-order chi connectivity index (χ0) is 16.3. The number of carbonyl (C=O) groups is 3. The standard InChI is InChI=1S/C16H26O5/c1-5-8-9-10-11-13(12-17)16(4,14(18)20-6-2)15(19)21-7-3/h8-9,12-13H,5-7,10-11H2,1-4H3/b9-8-. The molecule has 0 rings (SSSR count). The molecule has 0 amide bonds. The van der Waals surface area contributed by atoms with E-state index in [1.165, 1.54) is 6.92 Å².